The minimum atomic E-state index is 0.0213. The summed E-state index contributed by atoms with van der Waals surface area (Å²) in [5.41, 5.74) is 10.4. The Morgan fingerprint density at radius 1 is 1.33 bits per heavy atom. The molecule has 0 saturated carbocycles. The summed E-state index contributed by atoms with van der Waals surface area (Å²) >= 11 is 0. The van der Waals surface area contributed by atoms with Gasteiger partial charge in [0.15, 0.2) is 0 Å². The van der Waals surface area contributed by atoms with Gasteiger partial charge in [0.05, 0.1) is 12.6 Å². The van der Waals surface area contributed by atoms with Gasteiger partial charge in [0.2, 0.25) is 5.88 Å². The quantitative estimate of drug-likeness (QED) is 0.902. The fraction of sp³-hybridized carbons (Fsp3) is 0.400. The van der Waals surface area contributed by atoms with Gasteiger partial charge >= 0.3 is 0 Å². The molecule has 0 amide bonds. The predicted octanol–water partition coefficient (Wildman–Crippen LogP) is 3.13. The number of benzene rings is 1. The minimum Gasteiger partial charge on any atom is -0.481 e. The summed E-state index contributed by atoms with van der Waals surface area (Å²) in [5, 5.41) is 1.15. The lowest BCUT2D eigenvalue weighted by Crippen LogP contribution is -2.07. The molecule has 18 heavy (non-hydrogen) atoms. The molecule has 3 nitrogen and oxygen atoms in total. The fourth-order valence-electron chi connectivity index (χ4n) is 2.30. The van der Waals surface area contributed by atoms with E-state index in [1.807, 2.05) is 6.92 Å². The molecule has 0 saturated heterocycles. The van der Waals surface area contributed by atoms with Crippen LogP contribution in [0.5, 0.6) is 5.88 Å². The van der Waals surface area contributed by atoms with Crippen molar-refractivity contribution >= 4 is 10.9 Å². The van der Waals surface area contributed by atoms with Crippen LogP contribution in [0.4, 0.5) is 0 Å². The molecule has 0 fully saturated rings. The van der Waals surface area contributed by atoms with Crippen molar-refractivity contribution in [1.29, 1.82) is 0 Å². The predicted molar refractivity (Wildman–Crippen MR) is 75.0 cm³/mol. The summed E-state index contributed by atoms with van der Waals surface area (Å²) < 4.78 is 5.33. The molecule has 0 aliphatic heterocycles. The molecule has 0 aliphatic carbocycles. The summed E-state index contributed by atoms with van der Waals surface area (Å²) in [6.07, 6.45) is 0.917. The minimum absolute atomic E-state index is 0.0213. The number of aryl methyl sites for hydroxylation is 2. The molecule has 0 radical (unpaired) electrons. The van der Waals surface area contributed by atoms with E-state index in [-0.39, 0.29) is 6.04 Å². The number of nitrogens with two attached hydrogens (primary N) is 1. The number of ether oxygens (including phenoxy) is 1. The van der Waals surface area contributed by atoms with Crippen molar-refractivity contribution < 1.29 is 4.74 Å². The second-order valence-corrected chi connectivity index (χ2v) is 4.70. The molecule has 1 heterocycles. The number of methoxy groups -OCH3 is 1. The van der Waals surface area contributed by atoms with Crippen molar-refractivity contribution in [3.05, 3.63) is 34.9 Å². The van der Waals surface area contributed by atoms with E-state index in [1.54, 1.807) is 7.11 Å². The van der Waals surface area contributed by atoms with E-state index in [4.69, 9.17) is 10.5 Å². The van der Waals surface area contributed by atoms with E-state index in [2.05, 4.69) is 37.0 Å². The van der Waals surface area contributed by atoms with Crippen LogP contribution in [0.2, 0.25) is 0 Å². The van der Waals surface area contributed by atoms with Gasteiger partial charge in [0, 0.05) is 17.0 Å². The molecule has 2 aromatic rings. The summed E-state index contributed by atoms with van der Waals surface area (Å²) in [4.78, 5) is 4.57. The van der Waals surface area contributed by atoms with Crippen LogP contribution in [0.1, 0.15) is 36.6 Å². The first kappa shape index (κ1) is 12.8. The Balaban J connectivity index is 2.70. The van der Waals surface area contributed by atoms with Gasteiger partial charge in [-0.2, -0.15) is 0 Å². The standard InChI is InChI=1S/C15H20N2O/c1-5-11-7-12-6-9(2)13(10(3)16)8-14(12)17-15(11)18-4/h6-8,10H,5,16H2,1-4H3. The maximum atomic E-state index is 5.97. The van der Waals surface area contributed by atoms with Gasteiger partial charge in [-0.25, -0.2) is 4.98 Å². The highest BCUT2D eigenvalue weighted by atomic mass is 16.5. The van der Waals surface area contributed by atoms with Crippen molar-refractivity contribution in [2.45, 2.75) is 33.2 Å². The van der Waals surface area contributed by atoms with Crippen molar-refractivity contribution in [3.8, 4) is 5.88 Å². The number of nitrogens with zero attached hydrogens (tertiary/aromatic N) is 1. The summed E-state index contributed by atoms with van der Waals surface area (Å²) in [6.45, 7) is 6.19. The Morgan fingerprint density at radius 2 is 2.06 bits per heavy atom. The Morgan fingerprint density at radius 3 is 2.61 bits per heavy atom. The zero-order chi connectivity index (χ0) is 13.3. The molecule has 1 aromatic heterocycles. The Labute approximate surface area is 108 Å². The Kier molecular flexibility index (Phi) is 3.53. The lowest BCUT2D eigenvalue weighted by Gasteiger charge is -2.13. The highest BCUT2D eigenvalue weighted by Crippen LogP contribution is 2.27. The van der Waals surface area contributed by atoms with Crippen molar-refractivity contribution in [2.24, 2.45) is 5.73 Å². The van der Waals surface area contributed by atoms with Gasteiger partial charge in [-0.1, -0.05) is 6.92 Å². The smallest absolute Gasteiger partial charge is 0.216 e. The van der Waals surface area contributed by atoms with Crippen LogP contribution in [0.15, 0.2) is 18.2 Å². The fourth-order valence-corrected chi connectivity index (χ4v) is 2.30. The van der Waals surface area contributed by atoms with E-state index in [9.17, 15) is 0 Å². The third-order valence-electron chi connectivity index (χ3n) is 3.31. The first-order valence-corrected chi connectivity index (χ1v) is 6.30. The Hall–Kier alpha value is -1.61. The second kappa shape index (κ2) is 4.94. The zero-order valence-corrected chi connectivity index (χ0v) is 11.4. The zero-order valence-electron chi connectivity index (χ0n) is 11.4. The average Bonchev–Trinajstić information content (AvgIpc) is 2.36. The number of pyridine rings is 1. The van der Waals surface area contributed by atoms with Gasteiger partial charge in [-0.15, -0.1) is 0 Å². The van der Waals surface area contributed by atoms with Gasteiger partial charge in [0.1, 0.15) is 0 Å². The van der Waals surface area contributed by atoms with Gasteiger partial charge in [-0.3, -0.25) is 0 Å². The van der Waals surface area contributed by atoms with Crippen LogP contribution in [0.3, 0.4) is 0 Å². The molecular weight excluding hydrogens is 224 g/mol. The first-order valence-electron chi connectivity index (χ1n) is 6.30. The third kappa shape index (κ3) is 2.18. The first-order chi connectivity index (χ1) is 8.56. The topological polar surface area (TPSA) is 48.1 Å². The van der Waals surface area contributed by atoms with Gasteiger partial charge in [0.25, 0.3) is 0 Å². The maximum Gasteiger partial charge on any atom is 0.216 e. The van der Waals surface area contributed by atoms with E-state index in [0.29, 0.717) is 5.88 Å². The summed E-state index contributed by atoms with van der Waals surface area (Å²) in [6, 6.07) is 6.39. The molecule has 96 valence electrons. The Bertz CT molecular complexity index is 576. The van der Waals surface area contributed by atoms with Crippen LogP contribution in [0, 0.1) is 6.92 Å². The molecule has 0 aliphatic rings. The molecule has 3 heteroatoms. The molecule has 2 N–H and O–H groups in total. The van der Waals surface area contributed by atoms with Crippen molar-refractivity contribution in [1.82, 2.24) is 4.98 Å². The number of rotatable bonds is 3. The molecular formula is C15H20N2O. The van der Waals surface area contributed by atoms with Crippen molar-refractivity contribution in [3.63, 3.8) is 0 Å². The third-order valence-corrected chi connectivity index (χ3v) is 3.31. The molecule has 1 unspecified atom stereocenters. The lowest BCUT2D eigenvalue weighted by atomic mass is 9.99. The summed E-state index contributed by atoms with van der Waals surface area (Å²) in [7, 11) is 1.66. The van der Waals surface area contributed by atoms with Gasteiger partial charge < -0.3 is 10.5 Å². The van der Waals surface area contributed by atoms with Crippen LogP contribution in [0.25, 0.3) is 10.9 Å². The summed E-state index contributed by atoms with van der Waals surface area (Å²) in [5.74, 6) is 0.712. The largest absolute Gasteiger partial charge is 0.481 e. The molecule has 0 bridgehead atoms. The molecule has 1 atom stereocenters. The van der Waals surface area contributed by atoms with E-state index < -0.39 is 0 Å². The van der Waals surface area contributed by atoms with Crippen LogP contribution in [-0.2, 0) is 6.42 Å². The highest BCUT2D eigenvalue weighted by Gasteiger charge is 2.10. The van der Waals surface area contributed by atoms with Gasteiger partial charge in [-0.05, 0) is 49.6 Å². The monoisotopic (exact) mass is 244 g/mol. The average molecular weight is 244 g/mol. The molecule has 0 spiro atoms. The maximum absolute atomic E-state index is 5.97. The number of hydrogen-bond acceptors (Lipinski definition) is 3. The van der Waals surface area contributed by atoms with E-state index >= 15 is 0 Å². The lowest BCUT2D eigenvalue weighted by molar-refractivity contribution is 0.395. The van der Waals surface area contributed by atoms with Crippen LogP contribution >= 0.6 is 0 Å². The normalized spacial score (nSPS) is 12.7. The van der Waals surface area contributed by atoms with E-state index in [0.717, 1.165) is 28.5 Å². The highest BCUT2D eigenvalue weighted by molar-refractivity contribution is 5.82. The van der Waals surface area contributed by atoms with Crippen LogP contribution < -0.4 is 10.5 Å². The number of aromatic nitrogens is 1. The number of fused-ring (bicyclic) bond motifs is 1. The van der Waals surface area contributed by atoms with Crippen LogP contribution in [-0.4, -0.2) is 12.1 Å². The second-order valence-electron chi connectivity index (χ2n) is 4.70. The SMILES string of the molecule is CCc1cc2cc(C)c(C(C)N)cc2nc1OC. The van der Waals surface area contributed by atoms with Crippen molar-refractivity contribution in [2.75, 3.05) is 7.11 Å². The molecule has 1 aromatic carbocycles. The molecule has 2 rings (SSSR count). The number of hydrogen-bond donors (Lipinski definition) is 1. The van der Waals surface area contributed by atoms with E-state index in [1.165, 1.54) is 5.56 Å².